The predicted molar refractivity (Wildman–Crippen MR) is 114 cm³/mol. The van der Waals surface area contributed by atoms with Crippen LogP contribution in [0.25, 0.3) is 11.0 Å². The lowest BCUT2D eigenvalue weighted by atomic mass is 10.1. The molecule has 4 rings (SSSR count). The zero-order chi connectivity index (χ0) is 21.4. The molecular weight excluding hydrogens is 408 g/mol. The first-order valence-electron chi connectivity index (χ1n) is 9.67. The normalized spacial score (nSPS) is 16.2. The third-order valence-corrected chi connectivity index (χ3v) is 5.65. The van der Waals surface area contributed by atoms with Gasteiger partial charge >= 0.3 is 5.69 Å². The van der Waals surface area contributed by atoms with Crippen molar-refractivity contribution in [2.24, 2.45) is 0 Å². The zero-order valence-corrected chi connectivity index (χ0v) is 17.4. The maximum atomic E-state index is 12.8. The summed E-state index contributed by atoms with van der Waals surface area (Å²) in [6.07, 6.45) is 1.67. The fourth-order valence-corrected chi connectivity index (χ4v) is 3.73. The van der Waals surface area contributed by atoms with Crippen molar-refractivity contribution in [2.75, 3.05) is 11.9 Å². The van der Waals surface area contributed by atoms with E-state index in [0.717, 1.165) is 18.4 Å². The van der Waals surface area contributed by atoms with Gasteiger partial charge in [-0.2, -0.15) is 0 Å². The first-order valence-corrected chi connectivity index (χ1v) is 10.0. The minimum absolute atomic E-state index is 0.104. The third kappa shape index (κ3) is 3.88. The Bertz CT molecular complexity index is 1260. The summed E-state index contributed by atoms with van der Waals surface area (Å²) in [4.78, 5) is 44.4. The second-order valence-electron chi connectivity index (χ2n) is 7.42. The summed E-state index contributed by atoms with van der Waals surface area (Å²) in [5.74, 6) is -0.418. The maximum Gasteiger partial charge on any atom is 0.330 e. The molecule has 1 aliphatic rings. The van der Waals surface area contributed by atoms with E-state index in [0.29, 0.717) is 29.6 Å². The monoisotopic (exact) mass is 428 g/mol. The van der Waals surface area contributed by atoms with Crippen molar-refractivity contribution >= 4 is 34.2 Å². The second-order valence-corrected chi connectivity index (χ2v) is 7.82. The Morgan fingerprint density at radius 2 is 2.13 bits per heavy atom. The SMILES string of the molecule is Cc1ccc(NC(=O)c2cc3c(=O)[nH]c(=O)n(CC4CCCO4)c3nc2C)cc1Cl. The molecule has 8 nitrogen and oxygen atoms in total. The van der Waals surface area contributed by atoms with Crippen LogP contribution in [0.2, 0.25) is 5.02 Å². The number of pyridine rings is 1. The first-order chi connectivity index (χ1) is 14.3. The van der Waals surface area contributed by atoms with E-state index in [-0.39, 0.29) is 22.7 Å². The molecule has 30 heavy (non-hydrogen) atoms. The highest BCUT2D eigenvalue weighted by Gasteiger charge is 2.21. The van der Waals surface area contributed by atoms with E-state index in [9.17, 15) is 14.4 Å². The number of fused-ring (bicyclic) bond motifs is 1. The standard InChI is InChI=1S/C21H21ClN4O4/c1-11-5-6-13(8-17(11)22)24-19(27)15-9-16-18(23-12(15)2)26(21(29)25-20(16)28)10-14-4-3-7-30-14/h5-6,8-9,14H,3-4,7,10H2,1-2H3,(H,24,27)(H,25,28,29). The number of ether oxygens (including phenoxy) is 1. The van der Waals surface area contributed by atoms with Crippen LogP contribution in [0.3, 0.4) is 0 Å². The molecule has 1 unspecified atom stereocenters. The Balaban J connectivity index is 1.73. The smallest absolute Gasteiger partial charge is 0.330 e. The minimum atomic E-state index is -0.585. The molecule has 1 aromatic carbocycles. The highest BCUT2D eigenvalue weighted by molar-refractivity contribution is 6.31. The van der Waals surface area contributed by atoms with E-state index in [1.54, 1.807) is 25.1 Å². The van der Waals surface area contributed by atoms with Crippen LogP contribution in [0.4, 0.5) is 5.69 Å². The lowest BCUT2D eigenvalue weighted by Crippen LogP contribution is -2.34. The van der Waals surface area contributed by atoms with E-state index in [1.807, 2.05) is 6.92 Å². The van der Waals surface area contributed by atoms with Gasteiger partial charge in [-0.15, -0.1) is 0 Å². The quantitative estimate of drug-likeness (QED) is 0.664. The molecule has 2 aromatic heterocycles. The van der Waals surface area contributed by atoms with Crippen molar-refractivity contribution in [3.05, 3.63) is 66.9 Å². The van der Waals surface area contributed by atoms with Crippen molar-refractivity contribution in [1.82, 2.24) is 14.5 Å². The molecule has 1 saturated heterocycles. The number of hydrogen-bond donors (Lipinski definition) is 2. The number of aromatic nitrogens is 3. The molecule has 0 spiro atoms. The number of rotatable bonds is 4. The molecule has 3 heterocycles. The molecule has 9 heteroatoms. The molecule has 2 N–H and O–H groups in total. The van der Waals surface area contributed by atoms with Gasteiger partial charge in [0, 0.05) is 17.3 Å². The summed E-state index contributed by atoms with van der Waals surface area (Å²) in [6.45, 7) is 4.48. The Morgan fingerprint density at radius 3 is 2.83 bits per heavy atom. The molecule has 0 bridgehead atoms. The summed E-state index contributed by atoms with van der Waals surface area (Å²) < 4.78 is 7.02. The summed E-state index contributed by atoms with van der Waals surface area (Å²) >= 11 is 6.12. The van der Waals surface area contributed by atoms with Crippen molar-refractivity contribution in [2.45, 2.75) is 39.3 Å². The number of halogens is 1. The van der Waals surface area contributed by atoms with Crippen LogP contribution in [0, 0.1) is 13.8 Å². The molecule has 0 radical (unpaired) electrons. The van der Waals surface area contributed by atoms with Crippen LogP contribution in [-0.4, -0.2) is 33.2 Å². The summed E-state index contributed by atoms with van der Waals surface area (Å²) in [6, 6.07) is 6.67. The molecule has 3 aromatic rings. The first kappa shape index (κ1) is 20.3. The van der Waals surface area contributed by atoms with Gasteiger partial charge in [0.05, 0.1) is 29.3 Å². The Kier molecular flexibility index (Phi) is 5.44. The average Bonchev–Trinajstić information content (AvgIpc) is 3.21. The number of H-pyrrole nitrogens is 1. The molecule has 156 valence electrons. The fraction of sp³-hybridized carbons (Fsp3) is 0.333. The van der Waals surface area contributed by atoms with Gasteiger partial charge in [0.1, 0.15) is 5.65 Å². The van der Waals surface area contributed by atoms with Crippen molar-refractivity contribution < 1.29 is 9.53 Å². The Labute approximate surface area is 176 Å². The van der Waals surface area contributed by atoms with Gasteiger partial charge in [0.15, 0.2) is 0 Å². The predicted octanol–water partition coefficient (Wildman–Crippen LogP) is 2.79. The van der Waals surface area contributed by atoms with Gasteiger partial charge in [0.2, 0.25) is 0 Å². The van der Waals surface area contributed by atoms with E-state index >= 15 is 0 Å². The van der Waals surface area contributed by atoms with Crippen molar-refractivity contribution in [3.8, 4) is 0 Å². The molecule has 1 aliphatic heterocycles. The molecule has 1 atom stereocenters. The zero-order valence-electron chi connectivity index (χ0n) is 16.6. The minimum Gasteiger partial charge on any atom is -0.376 e. The number of amides is 1. The van der Waals surface area contributed by atoms with Gasteiger partial charge in [-0.1, -0.05) is 17.7 Å². The second kappa shape index (κ2) is 8.04. The topological polar surface area (TPSA) is 106 Å². The summed E-state index contributed by atoms with van der Waals surface area (Å²) in [7, 11) is 0. The van der Waals surface area contributed by atoms with Crippen LogP contribution in [-0.2, 0) is 11.3 Å². The number of aryl methyl sites for hydroxylation is 2. The largest absolute Gasteiger partial charge is 0.376 e. The maximum absolute atomic E-state index is 12.8. The lowest BCUT2D eigenvalue weighted by Gasteiger charge is -2.15. The van der Waals surface area contributed by atoms with E-state index in [4.69, 9.17) is 16.3 Å². The number of carbonyl (C=O) groups is 1. The molecule has 1 amide bonds. The van der Waals surface area contributed by atoms with E-state index in [1.165, 1.54) is 10.6 Å². The molecular formula is C21H21ClN4O4. The van der Waals surface area contributed by atoms with Crippen LogP contribution in [0.5, 0.6) is 0 Å². The number of hydrogen-bond acceptors (Lipinski definition) is 5. The number of nitrogens with zero attached hydrogens (tertiary/aromatic N) is 2. The summed E-state index contributed by atoms with van der Waals surface area (Å²) in [5, 5.41) is 3.48. The van der Waals surface area contributed by atoms with Crippen LogP contribution in [0.1, 0.15) is 34.5 Å². The number of benzene rings is 1. The highest BCUT2D eigenvalue weighted by atomic mass is 35.5. The van der Waals surface area contributed by atoms with E-state index in [2.05, 4.69) is 15.3 Å². The highest BCUT2D eigenvalue weighted by Crippen LogP contribution is 2.22. The number of nitrogens with one attached hydrogen (secondary N) is 2. The number of carbonyl (C=O) groups excluding carboxylic acids is 1. The molecule has 0 saturated carbocycles. The van der Waals surface area contributed by atoms with Crippen molar-refractivity contribution in [1.29, 1.82) is 0 Å². The number of anilines is 1. The van der Waals surface area contributed by atoms with Crippen LogP contribution < -0.4 is 16.6 Å². The van der Waals surface area contributed by atoms with E-state index < -0.39 is 17.2 Å². The van der Waals surface area contributed by atoms with Gasteiger partial charge < -0.3 is 10.1 Å². The van der Waals surface area contributed by atoms with Crippen molar-refractivity contribution in [3.63, 3.8) is 0 Å². The number of aromatic amines is 1. The lowest BCUT2D eigenvalue weighted by molar-refractivity contribution is 0.0967. The molecule has 0 aliphatic carbocycles. The molecule has 1 fully saturated rings. The van der Waals surface area contributed by atoms with Crippen LogP contribution >= 0.6 is 11.6 Å². The van der Waals surface area contributed by atoms with Gasteiger partial charge in [-0.25, -0.2) is 9.78 Å². The van der Waals surface area contributed by atoms with Gasteiger partial charge in [0.25, 0.3) is 11.5 Å². The Hall–Kier alpha value is -2.97. The summed E-state index contributed by atoms with van der Waals surface area (Å²) in [5.41, 5.74) is 1.20. The fourth-order valence-electron chi connectivity index (χ4n) is 3.55. The van der Waals surface area contributed by atoms with Gasteiger partial charge in [-0.3, -0.25) is 19.1 Å². The average molecular weight is 429 g/mol. The van der Waals surface area contributed by atoms with Gasteiger partial charge in [-0.05, 0) is 50.5 Å². The van der Waals surface area contributed by atoms with Crippen LogP contribution in [0.15, 0.2) is 33.9 Å². The third-order valence-electron chi connectivity index (χ3n) is 5.24. The Morgan fingerprint density at radius 1 is 1.33 bits per heavy atom.